The van der Waals surface area contributed by atoms with Gasteiger partial charge in [-0.3, -0.25) is 0 Å². The number of furan rings is 1. The smallest absolute Gasteiger partial charge is 0.137 e. The highest BCUT2D eigenvalue weighted by molar-refractivity contribution is 8.00. The Morgan fingerprint density at radius 1 is 1.33 bits per heavy atom. The van der Waals surface area contributed by atoms with E-state index >= 15 is 0 Å². The molecule has 0 spiro atoms. The van der Waals surface area contributed by atoms with Gasteiger partial charge in [0.15, 0.2) is 0 Å². The molecule has 0 saturated heterocycles. The molecule has 0 radical (unpaired) electrons. The Bertz CT molecular complexity index is 539. The predicted octanol–water partition coefficient (Wildman–Crippen LogP) is 4.27. The van der Waals surface area contributed by atoms with Crippen LogP contribution in [0.25, 0.3) is 11.0 Å². The molecule has 18 heavy (non-hydrogen) atoms. The summed E-state index contributed by atoms with van der Waals surface area (Å²) in [5, 5.41) is 1.14. The zero-order valence-electron chi connectivity index (χ0n) is 11.5. The summed E-state index contributed by atoms with van der Waals surface area (Å²) in [6.45, 7) is 8.67. The van der Waals surface area contributed by atoms with Crippen molar-refractivity contribution in [1.29, 1.82) is 0 Å². The molecule has 1 atom stereocenters. The molecule has 0 fully saturated rings. The molecule has 0 amide bonds. The molecule has 0 aliphatic carbocycles. The number of hydrogen-bond acceptors (Lipinski definition) is 3. The molecule has 2 aromatic rings. The normalized spacial score (nSPS) is 14.1. The first-order valence-electron chi connectivity index (χ1n) is 6.25. The van der Waals surface area contributed by atoms with E-state index in [1.807, 2.05) is 17.8 Å². The van der Waals surface area contributed by atoms with Crippen LogP contribution < -0.4 is 5.73 Å². The van der Waals surface area contributed by atoms with Crippen molar-refractivity contribution in [1.82, 2.24) is 0 Å². The van der Waals surface area contributed by atoms with Gasteiger partial charge in [-0.2, -0.15) is 11.8 Å². The van der Waals surface area contributed by atoms with Crippen LogP contribution in [0.3, 0.4) is 0 Å². The van der Waals surface area contributed by atoms with Gasteiger partial charge in [-0.25, -0.2) is 0 Å². The number of rotatable bonds is 3. The fourth-order valence-electron chi connectivity index (χ4n) is 1.83. The number of hydrogen-bond donors (Lipinski definition) is 1. The maximum atomic E-state index is 6.20. The van der Waals surface area contributed by atoms with Gasteiger partial charge in [-0.1, -0.05) is 39.0 Å². The minimum absolute atomic E-state index is 0.0407. The van der Waals surface area contributed by atoms with Crippen molar-refractivity contribution < 1.29 is 4.42 Å². The van der Waals surface area contributed by atoms with E-state index in [-0.39, 0.29) is 10.8 Å². The van der Waals surface area contributed by atoms with Crippen molar-refractivity contribution >= 4 is 22.7 Å². The number of thioether (sulfide) groups is 1. The molecule has 2 N–H and O–H groups in total. The molecule has 2 rings (SSSR count). The lowest BCUT2D eigenvalue weighted by Crippen LogP contribution is -2.17. The average Bonchev–Trinajstić information content (AvgIpc) is 2.70. The Labute approximate surface area is 113 Å². The molecule has 2 nitrogen and oxygen atoms in total. The van der Waals surface area contributed by atoms with Crippen LogP contribution in [0.2, 0.25) is 0 Å². The van der Waals surface area contributed by atoms with Gasteiger partial charge >= 0.3 is 0 Å². The molecular weight excluding hydrogens is 242 g/mol. The van der Waals surface area contributed by atoms with Crippen LogP contribution >= 0.6 is 11.8 Å². The van der Waals surface area contributed by atoms with Gasteiger partial charge in [0.25, 0.3) is 0 Å². The molecule has 1 aromatic carbocycles. The van der Waals surface area contributed by atoms with Gasteiger partial charge in [0.1, 0.15) is 11.3 Å². The summed E-state index contributed by atoms with van der Waals surface area (Å²) in [7, 11) is 0. The summed E-state index contributed by atoms with van der Waals surface area (Å²) in [5.41, 5.74) is 8.32. The minimum atomic E-state index is -0.0407. The van der Waals surface area contributed by atoms with Crippen molar-refractivity contribution in [2.75, 3.05) is 5.75 Å². The first-order valence-corrected chi connectivity index (χ1v) is 7.24. The summed E-state index contributed by atoms with van der Waals surface area (Å²) in [5.74, 6) is 1.76. The molecule has 0 aliphatic rings. The second-order valence-corrected chi connectivity index (χ2v) is 7.52. The Kier molecular flexibility index (Phi) is 3.74. The molecule has 0 saturated carbocycles. The van der Waals surface area contributed by atoms with E-state index in [2.05, 4.69) is 45.9 Å². The van der Waals surface area contributed by atoms with Gasteiger partial charge in [-0.05, 0) is 18.6 Å². The van der Waals surface area contributed by atoms with E-state index in [9.17, 15) is 0 Å². The molecule has 98 valence electrons. The van der Waals surface area contributed by atoms with E-state index in [0.717, 1.165) is 28.0 Å². The molecule has 0 bridgehead atoms. The van der Waals surface area contributed by atoms with Crippen LogP contribution in [-0.2, 0) is 0 Å². The highest BCUT2D eigenvalue weighted by Crippen LogP contribution is 2.30. The Morgan fingerprint density at radius 3 is 2.67 bits per heavy atom. The molecule has 3 heteroatoms. The van der Waals surface area contributed by atoms with Crippen molar-refractivity contribution in [2.24, 2.45) is 5.73 Å². The van der Waals surface area contributed by atoms with Gasteiger partial charge in [0.05, 0.1) is 6.04 Å². The lowest BCUT2D eigenvalue weighted by atomic mass is 10.1. The van der Waals surface area contributed by atoms with E-state index in [0.29, 0.717) is 0 Å². The van der Waals surface area contributed by atoms with Crippen LogP contribution in [-0.4, -0.2) is 10.5 Å². The topological polar surface area (TPSA) is 39.2 Å². The lowest BCUT2D eigenvalue weighted by molar-refractivity contribution is 0.514. The second kappa shape index (κ2) is 4.98. The third-order valence-electron chi connectivity index (χ3n) is 2.82. The monoisotopic (exact) mass is 263 g/mol. The van der Waals surface area contributed by atoms with E-state index in [1.165, 1.54) is 0 Å². The fraction of sp³-hybridized carbons (Fsp3) is 0.467. The van der Waals surface area contributed by atoms with Gasteiger partial charge in [0.2, 0.25) is 0 Å². The molecular formula is C15H21NOS. The van der Waals surface area contributed by atoms with Crippen molar-refractivity contribution in [3.63, 3.8) is 0 Å². The van der Waals surface area contributed by atoms with Crippen LogP contribution in [0, 0.1) is 6.92 Å². The van der Waals surface area contributed by atoms with Gasteiger partial charge in [-0.15, -0.1) is 0 Å². The third-order valence-corrected chi connectivity index (χ3v) is 4.21. The summed E-state index contributed by atoms with van der Waals surface area (Å²) >= 11 is 1.87. The van der Waals surface area contributed by atoms with Gasteiger partial charge < -0.3 is 10.2 Å². The molecule has 1 unspecified atom stereocenters. The van der Waals surface area contributed by atoms with Crippen LogP contribution in [0.5, 0.6) is 0 Å². The first kappa shape index (κ1) is 13.5. The van der Waals surface area contributed by atoms with Crippen LogP contribution in [0.4, 0.5) is 0 Å². The van der Waals surface area contributed by atoms with E-state index in [4.69, 9.17) is 10.2 Å². The highest BCUT2D eigenvalue weighted by atomic mass is 32.2. The maximum Gasteiger partial charge on any atom is 0.137 e. The zero-order chi connectivity index (χ0) is 13.3. The van der Waals surface area contributed by atoms with Crippen LogP contribution in [0.15, 0.2) is 28.7 Å². The Morgan fingerprint density at radius 2 is 2.06 bits per heavy atom. The quantitative estimate of drug-likeness (QED) is 0.898. The summed E-state index contributed by atoms with van der Waals surface area (Å²) < 4.78 is 6.12. The number of para-hydroxylation sites is 1. The largest absolute Gasteiger partial charge is 0.459 e. The minimum Gasteiger partial charge on any atom is -0.459 e. The molecule has 1 heterocycles. The number of fused-ring (bicyclic) bond motifs is 1. The summed E-state index contributed by atoms with van der Waals surface area (Å²) in [4.78, 5) is 0. The van der Waals surface area contributed by atoms with Crippen molar-refractivity contribution in [3.05, 3.63) is 35.6 Å². The zero-order valence-corrected chi connectivity index (χ0v) is 12.3. The summed E-state index contributed by atoms with van der Waals surface area (Å²) in [6.07, 6.45) is 0. The number of aryl methyl sites for hydroxylation is 1. The Balaban J connectivity index is 2.18. The van der Waals surface area contributed by atoms with Crippen LogP contribution in [0.1, 0.15) is 38.1 Å². The Hall–Kier alpha value is -0.930. The summed E-state index contributed by atoms with van der Waals surface area (Å²) in [6, 6.07) is 8.20. The third kappa shape index (κ3) is 3.09. The number of nitrogens with two attached hydrogens (primary N) is 1. The first-order chi connectivity index (χ1) is 8.37. The lowest BCUT2D eigenvalue weighted by Gasteiger charge is -2.19. The van der Waals surface area contributed by atoms with Gasteiger partial charge in [0, 0.05) is 15.9 Å². The molecule has 1 aromatic heterocycles. The predicted molar refractivity (Wildman–Crippen MR) is 80.1 cm³/mol. The SMILES string of the molecule is Cc1cccc2cc(C(N)CSC(C)(C)C)oc12. The van der Waals surface area contributed by atoms with Crippen molar-refractivity contribution in [3.8, 4) is 0 Å². The maximum absolute atomic E-state index is 6.20. The number of benzene rings is 1. The second-order valence-electron chi connectivity index (χ2n) is 5.67. The van der Waals surface area contributed by atoms with Crippen molar-refractivity contribution in [2.45, 2.75) is 38.5 Å². The highest BCUT2D eigenvalue weighted by Gasteiger charge is 2.17. The standard InChI is InChI=1S/C15H21NOS/c1-10-6-5-7-11-8-13(17-14(10)11)12(16)9-18-15(2,3)4/h5-8,12H,9,16H2,1-4H3. The fourth-order valence-corrected chi connectivity index (χ4v) is 2.68. The van der Waals surface area contributed by atoms with E-state index in [1.54, 1.807) is 0 Å². The average molecular weight is 263 g/mol. The van der Waals surface area contributed by atoms with E-state index < -0.39 is 0 Å². The molecule has 0 aliphatic heterocycles.